The van der Waals surface area contributed by atoms with Crippen LogP contribution >= 0.6 is 0 Å². The monoisotopic (exact) mass is 529 g/mol. The molecule has 1 N–H and O–H groups in total. The third-order valence-electron chi connectivity index (χ3n) is 5.23. The van der Waals surface area contributed by atoms with Gasteiger partial charge in [-0.05, 0) is 57.0 Å². The Morgan fingerprint density at radius 2 is 1.55 bits per heavy atom. The quantitative estimate of drug-likeness (QED) is 0.212. The van der Waals surface area contributed by atoms with Gasteiger partial charge < -0.3 is 28.4 Å². The number of ether oxygens (including phenoxy) is 6. The van der Waals surface area contributed by atoms with Crippen molar-refractivity contribution in [3.63, 3.8) is 0 Å². The van der Waals surface area contributed by atoms with Crippen LogP contribution in [0.5, 0.6) is 5.75 Å². The smallest absolute Gasteiger partial charge is 0.412 e. The lowest BCUT2D eigenvalue weighted by Crippen LogP contribution is -2.35. The van der Waals surface area contributed by atoms with Gasteiger partial charge in [0, 0.05) is 0 Å². The van der Waals surface area contributed by atoms with Gasteiger partial charge in [0.25, 0.3) is 0 Å². The van der Waals surface area contributed by atoms with Gasteiger partial charge in [-0.25, -0.2) is 9.59 Å². The van der Waals surface area contributed by atoms with Crippen LogP contribution in [-0.4, -0.2) is 57.3 Å². The summed E-state index contributed by atoms with van der Waals surface area (Å²) in [6.07, 6.45) is -0.0434. The number of amides is 1. The minimum absolute atomic E-state index is 0.0244. The Hall–Kier alpha value is -3.40. The molecule has 2 aromatic rings. The average Bonchev–Trinajstić information content (AvgIpc) is 2.89. The van der Waals surface area contributed by atoms with Crippen molar-refractivity contribution >= 4 is 12.1 Å². The largest absolute Gasteiger partial charge is 0.497 e. The summed E-state index contributed by atoms with van der Waals surface area (Å²) in [7, 11) is 2.85. The first-order valence-corrected chi connectivity index (χ1v) is 12.4. The molecule has 1 amide bonds. The van der Waals surface area contributed by atoms with Crippen LogP contribution in [0.25, 0.3) is 0 Å². The zero-order valence-electron chi connectivity index (χ0n) is 23.0. The van der Waals surface area contributed by atoms with E-state index in [0.717, 1.165) is 16.9 Å². The van der Waals surface area contributed by atoms with E-state index in [2.05, 4.69) is 5.32 Å². The molecule has 9 heteroatoms. The standard InChI is InChI=1S/C29H39NO8/c1-21(36-18-23-12-14-24(33-5)15-13-23)26(37-19-22-10-8-7-9-11-22)20-35-17-16-25(27(31)34-6)30-28(32)38-29(2,3)4/h7-16,21,26H,17-20H2,1-6H3,(H,30,32)/b25-16-/t21-,26+/m0/s1. The molecule has 0 fully saturated rings. The second kappa shape index (κ2) is 15.8. The third-order valence-corrected chi connectivity index (χ3v) is 5.23. The van der Waals surface area contributed by atoms with Gasteiger partial charge in [-0.2, -0.15) is 0 Å². The van der Waals surface area contributed by atoms with Gasteiger partial charge >= 0.3 is 12.1 Å². The summed E-state index contributed by atoms with van der Waals surface area (Å²) in [5, 5.41) is 2.41. The Labute approximate surface area is 225 Å². The molecule has 0 aliphatic carbocycles. The maximum atomic E-state index is 12.1. The molecule has 9 nitrogen and oxygen atoms in total. The third kappa shape index (κ3) is 11.8. The number of esters is 1. The molecule has 0 heterocycles. The lowest BCUT2D eigenvalue weighted by atomic mass is 10.2. The Balaban J connectivity index is 1.99. The zero-order valence-corrected chi connectivity index (χ0v) is 23.0. The molecule has 0 saturated carbocycles. The highest BCUT2D eigenvalue weighted by molar-refractivity contribution is 5.92. The van der Waals surface area contributed by atoms with Gasteiger partial charge in [-0.15, -0.1) is 0 Å². The van der Waals surface area contributed by atoms with E-state index in [1.54, 1.807) is 27.9 Å². The van der Waals surface area contributed by atoms with E-state index in [1.165, 1.54) is 13.2 Å². The second-order valence-electron chi connectivity index (χ2n) is 9.47. The van der Waals surface area contributed by atoms with Crippen LogP contribution in [-0.2, 0) is 41.7 Å². The van der Waals surface area contributed by atoms with Crippen molar-refractivity contribution in [2.24, 2.45) is 0 Å². The molecule has 0 aliphatic rings. The fraction of sp³-hybridized carbons (Fsp3) is 0.448. The van der Waals surface area contributed by atoms with Crippen molar-refractivity contribution in [1.29, 1.82) is 0 Å². The predicted molar refractivity (Wildman–Crippen MR) is 143 cm³/mol. The van der Waals surface area contributed by atoms with Crippen LogP contribution in [0.2, 0.25) is 0 Å². The van der Waals surface area contributed by atoms with Gasteiger partial charge in [-0.3, -0.25) is 5.32 Å². The van der Waals surface area contributed by atoms with Crippen molar-refractivity contribution in [2.75, 3.05) is 27.4 Å². The van der Waals surface area contributed by atoms with Crippen molar-refractivity contribution in [1.82, 2.24) is 5.32 Å². The van der Waals surface area contributed by atoms with Crippen LogP contribution in [0.1, 0.15) is 38.8 Å². The maximum absolute atomic E-state index is 12.1. The highest BCUT2D eigenvalue weighted by Gasteiger charge is 2.21. The van der Waals surface area contributed by atoms with Gasteiger partial charge in [0.2, 0.25) is 0 Å². The molecular formula is C29H39NO8. The van der Waals surface area contributed by atoms with Gasteiger partial charge in [0.15, 0.2) is 0 Å². The zero-order chi connectivity index (χ0) is 28.0. The number of rotatable bonds is 14. The first kappa shape index (κ1) is 30.8. The summed E-state index contributed by atoms with van der Waals surface area (Å²) in [6, 6.07) is 17.5. The van der Waals surface area contributed by atoms with Gasteiger partial charge in [-0.1, -0.05) is 42.5 Å². The highest BCUT2D eigenvalue weighted by Crippen LogP contribution is 2.15. The van der Waals surface area contributed by atoms with Crippen LogP contribution in [0.4, 0.5) is 4.79 Å². The minimum Gasteiger partial charge on any atom is -0.497 e. The van der Waals surface area contributed by atoms with Crippen LogP contribution < -0.4 is 10.1 Å². The minimum atomic E-state index is -0.765. The SMILES string of the molecule is COC(=O)/C(=C/COC[C@@H](OCc1ccccc1)[C@H](C)OCc1ccc(OC)cc1)NC(=O)OC(C)(C)C. The van der Waals surface area contributed by atoms with E-state index in [0.29, 0.717) is 13.2 Å². The fourth-order valence-electron chi connectivity index (χ4n) is 3.19. The summed E-state index contributed by atoms with van der Waals surface area (Å²) in [5.74, 6) is 0.0623. The number of carbonyl (C=O) groups is 2. The molecule has 2 atom stereocenters. The number of methoxy groups -OCH3 is 2. The van der Waals surface area contributed by atoms with Crippen LogP contribution in [0.3, 0.4) is 0 Å². The summed E-state index contributed by atoms with van der Waals surface area (Å²) in [6.45, 7) is 8.09. The van der Waals surface area contributed by atoms with E-state index in [4.69, 9.17) is 28.4 Å². The molecule has 0 unspecified atom stereocenters. The summed E-state index contributed by atoms with van der Waals surface area (Å²) < 4.78 is 33.2. The van der Waals surface area contributed by atoms with Crippen molar-refractivity contribution in [3.05, 3.63) is 77.5 Å². The molecule has 208 valence electrons. The van der Waals surface area contributed by atoms with E-state index in [9.17, 15) is 9.59 Å². The predicted octanol–water partition coefficient (Wildman–Crippen LogP) is 4.78. The number of alkyl carbamates (subject to hydrolysis) is 1. The Morgan fingerprint density at radius 1 is 0.921 bits per heavy atom. The number of carbonyl (C=O) groups excluding carboxylic acids is 2. The first-order valence-electron chi connectivity index (χ1n) is 12.4. The summed E-state index contributed by atoms with van der Waals surface area (Å²) in [5.41, 5.74) is 1.23. The van der Waals surface area contributed by atoms with Crippen molar-refractivity contribution in [3.8, 4) is 5.75 Å². The molecule has 2 rings (SSSR count). The number of benzene rings is 2. The first-order chi connectivity index (χ1) is 18.1. The second-order valence-corrected chi connectivity index (χ2v) is 9.47. The molecular weight excluding hydrogens is 490 g/mol. The van der Waals surface area contributed by atoms with E-state index in [1.807, 2.05) is 61.5 Å². The van der Waals surface area contributed by atoms with Gasteiger partial charge in [0.05, 0.1) is 46.8 Å². The Bertz CT molecular complexity index is 1020. The average molecular weight is 530 g/mol. The normalized spacial score (nSPS) is 13.4. The number of hydrogen-bond acceptors (Lipinski definition) is 8. The molecule has 2 aromatic carbocycles. The lowest BCUT2D eigenvalue weighted by Gasteiger charge is -2.25. The Kier molecular flexibility index (Phi) is 12.8. The van der Waals surface area contributed by atoms with Crippen LogP contribution in [0, 0.1) is 0 Å². The molecule has 0 aromatic heterocycles. The van der Waals surface area contributed by atoms with Crippen LogP contribution in [0.15, 0.2) is 66.4 Å². The Morgan fingerprint density at radius 3 is 2.16 bits per heavy atom. The van der Waals surface area contributed by atoms with E-state index in [-0.39, 0.29) is 25.0 Å². The molecule has 0 bridgehead atoms. The van der Waals surface area contributed by atoms with E-state index >= 15 is 0 Å². The topological polar surface area (TPSA) is 102 Å². The lowest BCUT2D eigenvalue weighted by molar-refractivity contribution is -0.136. The molecule has 0 spiro atoms. The van der Waals surface area contributed by atoms with E-state index < -0.39 is 23.8 Å². The molecule has 0 aliphatic heterocycles. The highest BCUT2D eigenvalue weighted by atomic mass is 16.6. The fourth-order valence-corrected chi connectivity index (χ4v) is 3.19. The summed E-state index contributed by atoms with van der Waals surface area (Å²) >= 11 is 0. The van der Waals surface area contributed by atoms with Crippen molar-refractivity contribution in [2.45, 2.75) is 58.7 Å². The molecule has 0 radical (unpaired) electrons. The van der Waals surface area contributed by atoms with Gasteiger partial charge in [0.1, 0.15) is 23.2 Å². The number of nitrogens with one attached hydrogen (secondary N) is 1. The molecule has 0 saturated heterocycles. The molecule has 38 heavy (non-hydrogen) atoms. The number of hydrogen-bond donors (Lipinski definition) is 1. The van der Waals surface area contributed by atoms with Crippen molar-refractivity contribution < 1.29 is 38.0 Å². The summed E-state index contributed by atoms with van der Waals surface area (Å²) in [4.78, 5) is 24.2. The maximum Gasteiger partial charge on any atom is 0.412 e.